The molecule has 1 heterocycles. The lowest BCUT2D eigenvalue weighted by molar-refractivity contribution is 0.280. The number of aryl methyl sites for hydroxylation is 1. The van der Waals surface area contributed by atoms with Crippen molar-refractivity contribution in [1.29, 1.82) is 0 Å². The van der Waals surface area contributed by atoms with E-state index in [0.29, 0.717) is 25.4 Å². The molecule has 2 rings (SSSR count). The summed E-state index contributed by atoms with van der Waals surface area (Å²) in [6.07, 6.45) is 3.62. The molecule has 0 atom stereocenters. The van der Waals surface area contributed by atoms with Gasteiger partial charge in [0.15, 0.2) is 11.6 Å². The highest BCUT2D eigenvalue weighted by Gasteiger charge is 2.09. The SMILES string of the molecule is CNCc1cccc(F)c1OCCn1ccnc1C. The van der Waals surface area contributed by atoms with Crippen LogP contribution in [0.2, 0.25) is 0 Å². The molecule has 1 N–H and O–H groups in total. The number of imidazole rings is 1. The molecule has 0 bridgehead atoms. The van der Waals surface area contributed by atoms with Gasteiger partial charge in [-0.3, -0.25) is 0 Å². The lowest BCUT2D eigenvalue weighted by Gasteiger charge is -2.13. The highest BCUT2D eigenvalue weighted by Crippen LogP contribution is 2.22. The van der Waals surface area contributed by atoms with E-state index in [1.807, 2.05) is 30.8 Å². The zero-order valence-electron chi connectivity index (χ0n) is 11.2. The number of rotatable bonds is 6. The second-order valence-electron chi connectivity index (χ2n) is 4.27. The molecular formula is C14H18FN3O. The third-order valence-corrected chi connectivity index (χ3v) is 2.92. The van der Waals surface area contributed by atoms with E-state index in [-0.39, 0.29) is 5.82 Å². The number of benzene rings is 1. The van der Waals surface area contributed by atoms with E-state index in [0.717, 1.165) is 11.4 Å². The van der Waals surface area contributed by atoms with Crippen molar-refractivity contribution < 1.29 is 9.13 Å². The fraction of sp³-hybridized carbons (Fsp3) is 0.357. The molecule has 19 heavy (non-hydrogen) atoms. The van der Waals surface area contributed by atoms with Crippen molar-refractivity contribution in [3.05, 3.63) is 47.8 Å². The normalized spacial score (nSPS) is 10.7. The van der Waals surface area contributed by atoms with Crippen molar-refractivity contribution in [3.63, 3.8) is 0 Å². The first-order valence-corrected chi connectivity index (χ1v) is 6.25. The van der Waals surface area contributed by atoms with E-state index < -0.39 is 0 Å². The van der Waals surface area contributed by atoms with Gasteiger partial charge in [-0.1, -0.05) is 12.1 Å². The molecule has 0 aliphatic heterocycles. The zero-order chi connectivity index (χ0) is 13.7. The van der Waals surface area contributed by atoms with Gasteiger partial charge in [0.05, 0.1) is 6.54 Å². The summed E-state index contributed by atoms with van der Waals surface area (Å²) in [5.74, 6) is 0.928. The lowest BCUT2D eigenvalue weighted by atomic mass is 10.2. The van der Waals surface area contributed by atoms with Crippen LogP contribution in [0.5, 0.6) is 5.75 Å². The number of nitrogens with one attached hydrogen (secondary N) is 1. The molecule has 1 aromatic heterocycles. The van der Waals surface area contributed by atoms with Gasteiger partial charge in [0, 0.05) is 24.5 Å². The molecule has 0 amide bonds. The second kappa shape index (κ2) is 6.33. The van der Waals surface area contributed by atoms with Crippen LogP contribution in [-0.2, 0) is 13.1 Å². The molecule has 0 aliphatic rings. The number of hydrogen-bond acceptors (Lipinski definition) is 3. The predicted molar refractivity (Wildman–Crippen MR) is 71.6 cm³/mol. The van der Waals surface area contributed by atoms with Gasteiger partial charge in [-0.2, -0.15) is 0 Å². The average molecular weight is 263 g/mol. The van der Waals surface area contributed by atoms with Crippen molar-refractivity contribution in [2.24, 2.45) is 0 Å². The maximum absolute atomic E-state index is 13.7. The van der Waals surface area contributed by atoms with E-state index in [4.69, 9.17) is 4.74 Å². The standard InChI is InChI=1S/C14H18FN3O/c1-11-17-6-7-18(11)8-9-19-14-12(10-16-2)4-3-5-13(14)15/h3-7,16H,8-10H2,1-2H3. The number of hydrogen-bond donors (Lipinski definition) is 1. The molecule has 0 saturated carbocycles. The van der Waals surface area contributed by atoms with E-state index in [1.165, 1.54) is 6.07 Å². The fourth-order valence-electron chi connectivity index (χ4n) is 1.93. The Hall–Kier alpha value is -1.88. The first-order valence-electron chi connectivity index (χ1n) is 6.25. The van der Waals surface area contributed by atoms with Gasteiger partial charge < -0.3 is 14.6 Å². The third-order valence-electron chi connectivity index (χ3n) is 2.92. The van der Waals surface area contributed by atoms with Gasteiger partial charge in [-0.15, -0.1) is 0 Å². The van der Waals surface area contributed by atoms with Crippen LogP contribution < -0.4 is 10.1 Å². The Morgan fingerprint density at radius 3 is 2.95 bits per heavy atom. The summed E-state index contributed by atoms with van der Waals surface area (Å²) >= 11 is 0. The topological polar surface area (TPSA) is 39.1 Å². The molecule has 5 heteroatoms. The number of para-hydroxylation sites is 1. The molecule has 0 spiro atoms. The Morgan fingerprint density at radius 2 is 2.26 bits per heavy atom. The molecule has 1 aromatic carbocycles. The Kier molecular flexibility index (Phi) is 4.52. The maximum Gasteiger partial charge on any atom is 0.165 e. The number of ether oxygens (including phenoxy) is 1. The van der Waals surface area contributed by atoms with Crippen LogP contribution in [-0.4, -0.2) is 23.2 Å². The van der Waals surface area contributed by atoms with Crippen molar-refractivity contribution in [2.45, 2.75) is 20.0 Å². The summed E-state index contributed by atoms with van der Waals surface area (Å²) in [4.78, 5) is 4.13. The fourth-order valence-corrected chi connectivity index (χ4v) is 1.93. The maximum atomic E-state index is 13.7. The summed E-state index contributed by atoms with van der Waals surface area (Å²) in [6, 6.07) is 4.96. The largest absolute Gasteiger partial charge is 0.488 e. The van der Waals surface area contributed by atoms with Crippen LogP contribution >= 0.6 is 0 Å². The number of aromatic nitrogens is 2. The van der Waals surface area contributed by atoms with Gasteiger partial charge >= 0.3 is 0 Å². The van der Waals surface area contributed by atoms with Crippen molar-refractivity contribution in [2.75, 3.05) is 13.7 Å². The minimum absolute atomic E-state index is 0.324. The summed E-state index contributed by atoms with van der Waals surface area (Å²) in [6.45, 7) is 3.57. The van der Waals surface area contributed by atoms with Crippen LogP contribution in [0, 0.1) is 12.7 Å². The van der Waals surface area contributed by atoms with Gasteiger partial charge in [0.1, 0.15) is 12.4 Å². The van der Waals surface area contributed by atoms with E-state index in [1.54, 1.807) is 12.3 Å². The zero-order valence-corrected chi connectivity index (χ0v) is 11.2. The summed E-state index contributed by atoms with van der Waals surface area (Å²) in [5.41, 5.74) is 0.824. The van der Waals surface area contributed by atoms with Crippen LogP contribution in [0.4, 0.5) is 4.39 Å². The van der Waals surface area contributed by atoms with Crippen LogP contribution in [0.25, 0.3) is 0 Å². The minimum Gasteiger partial charge on any atom is -0.488 e. The highest BCUT2D eigenvalue weighted by atomic mass is 19.1. The highest BCUT2D eigenvalue weighted by molar-refractivity contribution is 5.34. The Labute approximate surface area is 112 Å². The van der Waals surface area contributed by atoms with Crippen molar-refractivity contribution >= 4 is 0 Å². The van der Waals surface area contributed by atoms with Crippen LogP contribution in [0.15, 0.2) is 30.6 Å². The minimum atomic E-state index is -0.324. The average Bonchev–Trinajstić information content (AvgIpc) is 2.79. The van der Waals surface area contributed by atoms with Gasteiger partial charge in [-0.25, -0.2) is 9.37 Å². The third kappa shape index (κ3) is 3.32. The van der Waals surface area contributed by atoms with E-state index in [2.05, 4.69) is 10.3 Å². The van der Waals surface area contributed by atoms with Gasteiger partial charge in [0.25, 0.3) is 0 Å². The van der Waals surface area contributed by atoms with Crippen molar-refractivity contribution in [1.82, 2.24) is 14.9 Å². The first kappa shape index (κ1) is 13.5. The Morgan fingerprint density at radius 1 is 1.42 bits per heavy atom. The van der Waals surface area contributed by atoms with Gasteiger partial charge in [-0.05, 0) is 20.0 Å². The lowest BCUT2D eigenvalue weighted by Crippen LogP contribution is -2.12. The number of halogens is 1. The Balaban J connectivity index is 2.01. The second-order valence-corrected chi connectivity index (χ2v) is 4.27. The smallest absolute Gasteiger partial charge is 0.165 e. The quantitative estimate of drug-likeness (QED) is 0.867. The monoisotopic (exact) mass is 263 g/mol. The van der Waals surface area contributed by atoms with Crippen molar-refractivity contribution in [3.8, 4) is 5.75 Å². The Bertz CT molecular complexity index is 539. The van der Waals surface area contributed by atoms with E-state index >= 15 is 0 Å². The molecule has 0 fully saturated rings. The van der Waals surface area contributed by atoms with Gasteiger partial charge in [0.2, 0.25) is 0 Å². The first-order chi connectivity index (χ1) is 9.22. The predicted octanol–water partition coefficient (Wildman–Crippen LogP) is 2.13. The molecule has 102 valence electrons. The van der Waals surface area contributed by atoms with E-state index in [9.17, 15) is 4.39 Å². The summed E-state index contributed by atoms with van der Waals surface area (Å²) < 4.78 is 21.3. The summed E-state index contributed by atoms with van der Waals surface area (Å²) in [5, 5.41) is 3.00. The molecule has 4 nitrogen and oxygen atoms in total. The molecule has 0 saturated heterocycles. The van der Waals surface area contributed by atoms with Crippen LogP contribution in [0.1, 0.15) is 11.4 Å². The van der Waals surface area contributed by atoms with Crippen LogP contribution in [0.3, 0.4) is 0 Å². The molecule has 0 aliphatic carbocycles. The molecule has 0 unspecified atom stereocenters. The molecular weight excluding hydrogens is 245 g/mol. The summed E-state index contributed by atoms with van der Waals surface area (Å²) in [7, 11) is 1.82. The molecule has 0 radical (unpaired) electrons. The molecule has 2 aromatic rings. The number of nitrogens with zero attached hydrogens (tertiary/aromatic N) is 2.